The number of carbonyl (C=O) groups excluding carboxylic acids is 2. The number of amides is 2. The molecule has 2 aromatic heterocycles. The Balaban J connectivity index is 2.04. The summed E-state index contributed by atoms with van der Waals surface area (Å²) in [6.45, 7) is 0. The normalized spacial score (nSPS) is 15.4. The van der Waals surface area contributed by atoms with Crippen LogP contribution in [0.5, 0.6) is 0 Å². The number of nitrogens with one attached hydrogen (secondary N) is 2. The van der Waals surface area contributed by atoms with Gasteiger partial charge in [-0.3, -0.25) is 14.5 Å². The van der Waals surface area contributed by atoms with Gasteiger partial charge in [0, 0.05) is 35.9 Å². The summed E-state index contributed by atoms with van der Waals surface area (Å²) in [5, 5.41) is 0.929. The van der Waals surface area contributed by atoms with Gasteiger partial charge in [-0.15, -0.1) is 0 Å². The number of imide groups is 1. The van der Waals surface area contributed by atoms with Crippen LogP contribution in [0, 0.1) is 0 Å². The van der Waals surface area contributed by atoms with Crippen molar-refractivity contribution >= 4 is 33.9 Å². The highest BCUT2D eigenvalue weighted by Crippen LogP contribution is 2.37. The van der Waals surface area contributed by atoms with Crippen molar-refractivity contribution in [3.8, 4) is 0 Å². The number of aromatic amines is 2. The van der Waals surface area contributed by atoms with Crippen molar-refractivity contribution in [2.24, 2.45) is 0 Å². The number of benzene rings is 1. The SMILES string of the molecule is CN1C(=O)C(c2ccc[nH]2)=C(c2c[nH]c3ccccc23)C1=O. The van der Waals surface area contributed by atoms with Gasteiger partial charge >= 0.3 is 0 Å². The van der Waals surface area contributed by atoms with Gasteiger partial charge in [-0.2, -0.15) is 0 Å². The quantitative estimate of drug-likeness (QED) is 0.712. The largest absolute Gasteiger partial charge is 0.361 e. The van der Waals surface area contributed by atoms with Crippen molar-refractivity contribution < 1.29 is 9.59 Å². The van der Waals surface area contributed by atoms with Crippen molar-refractivity contribution in [1.29, 1.82) is 0 Å². The van der Waals surface area contributed by atoms with Crippen LogP contribution in [-0.4, -0.2) is 33.7 Å². The molecule has 5 nitrogen and oxygen atoms in total. The van der Waals surface area contributed by atoms with Crippen LogP contribution in [0.1, 0.15) is 11.3 Å². The van der Waals surface area contributed by atoms with Crippen LogP contribution in [0.2, 0.25) is 0 Å². The summed E-state index contributed by atoms with van der Waals surface area (Å²) in [4.78, 5) is 32.4. The molecule has 0 spiro atoms. The summed E-state index contributed by atoms with van der Waals surface area (Å²) in [7, 11) is 1.51. The fraction of sp³-hybridized carbons (Fsp3) is 0.0588. The molecule has 1 aliphatic heterocycles. The first-order valence-corrected chi connectivity index (χ1v) is 6.95. The molecule has 0 unspecified atom stereocenters. The molecule has 5 heteroatoms. The molecule has 1 aromatic carbocycles. The third-order valence-corrected chi connectivity index (χ3v) is 4.01. The van der Waals surface area contributed by atoms with E-state index in [1.165, 1.54) is 7.05 Å². The van der Waals surface area contributed by atoms with Crippen LogP contribution >= 0.6 is 0 Å². The maximum atomic E-state index is 12.6. The molecule has 0 bridgehead atoms. The smallest absolute Gasteiger partial charge is 0.263 e. The summed E-state index contributed by atoms with van der Waals surface area (Å²) in [5.41, 5.74) is 3.20. The Kier molecular flexibility index (Phi) is 2.56. The Hall–Kier alpha value is -3.08. The van der Waals surface area contributed by atoms with E-state index in [0.29, 0.717) is 16.8 Å². The topological polar surface area (TPSA) is 69.0 Å². The highest BCUT2D eigenvalue weighted by atomic mass is 16.2. The number of aromatic nitrogens is 2. The molecule has 2 N–H and O–H groups in total. The highest BCUT2D eigenvalue weighted by Gasteiger charge is 2.38. The van der Waals surface area contributed by atoms with Crippen LogP contribution < -0.4 is 0 Å². The molecule has 0 fully saturated rings. The molecule has 22 heavy (non-hydrogen) atoms. The zero-order chi connectivity index (χ0) is 15.3. The second-order valence-electron chi connectivity index (χ2n) is 5.25. The number of fused-ring (bicyclic) bond motifs is 1. The summed E-state index contributed by atoms with van der Waals surface area (Å²) >= 11 is 0. The number of H-pyrrole nitrogens is 2. The third kappa shape index (κ3) is 1.59. The maximum absolute atomic E-state index is 12.6. The van der Waals surface area contributed by atoms with E-state index in [4.69, 9.17) is 0 Å². The summed E-state index contributed by atoms with van der Waals surface area (Å²) in [6.07, 6.45) is 3.53. The highest BCUT2D eigenvalue weighted by molar-refractivity contribution is 6.49. The molecule has 3 heterocycles. The number of carbonyl (C=O) groups is 2. The lowest BCUT2D eigenvalue weighted by Gasteiger charge is -2.06. The predicted octanol–water partition coefficient (Wildman–Crippen LogP) is 2.41. The van der Waals surface area contributed by atoms with Gasteiger partial charge in [0.1, 0.15) is 0 Å². The van der Waals surface area contributed by atoms with Crippen molar-refractivity contribution in [2.75, 3.05) is 7.05 Å². The minimum absolute atomic E-state index is 0.278. The second-order valence-corrected chi connectivity index (χ2v) is 5.25. The van der Waals surface area contributed by atoms with Gasteiger partial charge in [-0.25, -0.2) is 0 Å². The van der Waals surface area contributed by atoms with Gasteiger partial charge in [-0.05, 0) is 18.2 Å². The fourth-order valence-electron chi connectivity index (χ4n) is 2.91. The minimum Gasteiger partial charge on any atom is -0.361 e. The van der Waals surface area contributed by atoms with Crippen molar-refractivity contribution in [1.82, 2.24) is 14.9 Å². The van der Waals surface area contributed by atoms with E-state index in [2.05, 4.69) is 9.97 Å². The van der Waals surface area contributed by atoms with Gasteiger partial charge < -0.3 is 9.97 Å². The average Bonchev–Trinajstić information content (AvgIpc) is 3.23. The molecule has 0 radical (unpaired) electrons. The van der Waals surface area contributed by atoms with Crippen LogP contribution in [0.3, 0.4) is 0 Å². The first-order valence-electron chi connectivity index (χ1n) is 6.95. The van der Waals surface area contributed by atoms with E-state index >= 15 is 0 Å². The Morgan fingerprint density at radius 2 is 1.68 bits per heavy atom. The predicted molar refractivity (Wildman–Crippen MR) is 83.7 cm³/mol. The van der Waals surface area contributed by atoms with Crippen LogP contribution in [0.15, 0.2) is 48.8 Å². The van der Waals surface area contributed by atoms with Crippen LogP contribution in [0.4, 0.5) is 0 Å². The molecule has 1 aliphatic rings. The number of hydrogen-bond donors (Lipinski definition) is 2. The van der Waals surface area contributed by atoms with Crippen LogP contribution in [-0.2, 0) is 9.59 Å². The number of likely N-dealkylation sites (N-methyl/N-ethyl adjacent to an activating group) is 1. The fourth-order valence-corrected chi connectivity index (χ4v) is 2.91. The average molecular weight is 291 g/mol. The standard InChI is InChI=1S/C17H13N3O2/c1-20-16(21)14(15(17(20)22)13-7-4-8-18-13)11-9-19-12-6-3-2-5-10(11)12/h2-9,18-19H,1H3. The van der Waals surface area contributed by atoms with Crippen molar-refractivity contribution in [2.45, 2.75) is 0 Å². The molecule has 3 aromatic rings. The van der Waals surface area contributed by atoms with Gasteiger partial charge in [0.05, 0.1) is 16.8 Å². The maximum Gasteiger partial charge on any atom is 0.263 e. The van der Waals surface area contributed by atoms with E-state index in [1.54, 1.807) is 18.5 Å². The van der Waals surface area contributed by atoms with E-state index < -0.39 is 0 Å². The number of hydrogen-bond acceptors (Lipinski definition) is 2. The monoisotopic (exact) mass is 291 g/mol. The van der Waals surface area contributed by atoms with E-state index in [9.17, 15) is 9.59 Å². The van der Waals surface area contributed by atoms with E-state index in [-0.39, 0.29) is 11.8 Å². The molecular weight excluding hydrogens is 278 g/mol. The molecule has 0 atom stereocenters. The number of nitrogens with zero attached hydrogens (tertiary/aromatic N) is 1. The second kappa shape index (κ2) is 4.46. The lowest BCUT2D eigenvalue weighted by molar-refractivity contribution is -0.134. The molecule has 108 valence electrons. The molecule has 0 aliphatic carbocycles. The molecule has 0 saturated heterocycles. The Morgan fingerprint density at radius 1 is 0.909 bits per heavy atom. The lowest BCUT2D eigenvalue weighted by atomic mass is 9.99. The van der Waals surface area contributed by atoms with Gasteiger partial charge in [0.2, 0.25) is 0 Å². The molecule has 2 amide bonds. The Labute approximate surface area is 126 Å². The zero-order valence-electron chi connectivity index (χ0n) is 11.9. The van der Waals surface area contributed by atoms with E-state index in [0.717, 1.165) is 21.4 Å². The minimum atomic E-state index is -0.285. The third-order valence-electron chi connectivity index (χ3n) is 4.01. The zero-order valence-corrected chi connectivity index (χ0v) is 11.9. The summed E-state index contributed by atoms with van der Waals surface area (Å²) in [6, 6.07) is 11.3. The first-order chi connectivity index (χ1) is 10.7. The summed E-state index contributed by atoms with van der Waals surface area (Å²) in [5.74, 6) is -0.563. The molecule has 0 saturated carbocycles. The van der Waals surface area contributed by atoms with E-state index in [1.807, 2.05) is 30.3 Å². The Morgan fingerprint density at radius 3 is 2.45 bits per heavy atom. The number of rotatable bonds is 2. The molecule has 4 rings (SSSR count). The molecular formula is C17H13N3O2. The van der Waals surface area contributed by atoms with Crippen LogP contribution in [0.25, 0.3) is 22.0 Å². The van der Waals surface area contributed by atoms with Gasteiger partial charge in [-0.1, -0.05) is 18.2 Å². The first kappa shape index (κ1) is 12.6. The number of para-hydroxylation sites is 1. The van der Waals surface area contributed by atoms with Gasteiger partial charge in [0.25, 0.3) is 11.8 Å². The Bertz CT molecular complexity index is 932. The lowest BCUT2D eigenvalue weighted by Crippen LogP contribution is -2.26. The summed E-state index contributed by atoms with van der Waals surface area (Å²) < 4.78 is 0. The van der Waals surface area contributed by atoms with Crippen molar-refractivity contribution in [3.05, 3.63) is 60.0 Å². The van der Waals surface area contributed by atoms with Gasteiger partial charge in [0.15, 0.2) is 0 Å². The van der Waals surface area contributed by atoms with Crippen molar-refractivity contribution in [3.63, 3.8) is 0 Å².